The van der Waals surface area contributed by atoms with Gasteiger partial charge < -0.3 is 4.57 Å². The largest absolute Gasteiger partial charge is 0.337 e. The van der Waals surface area contributed by atoms with E-state index in [1.165, 1.54) is 12.1 Å². The molecule has 2 aromatic rings. The normalized spacial score (nSPS) is 10.5. The van der Waals surface area contributed by atoms with Crippen molar-refractivity contribution >= 4 is 17.3 Å². The SMILES string of the molecule is O=[N+]([O-])c1ccc(CCn2cnc(CCl)c2)cc1. The first-order valence-electron chi connectivity index (χ1n) is 5.49. The Morgan fingerprint density at radius 3 is 2.61 bits per heavy atom. The maximum Gasteiger partial charge on any atom is 0.269 e. The van der Waals surface area contributed by atoms with E-state index in [0.29, 0.717) is 5.88 Å². The highest BCUT2D eigenvalue weighted by atomic mass is 35.5. The van der Waals surface area contributed by atoms with Crippen LogP contribution >= 0.6 is 11.6 Å². The number of rotatable bonds is 5. The van der Waals surface area contributed by atoms with Crippen LogP contribution in [0.1, 0.15) is 11.3 Å². The van der Waals surface area contributed by atoms with E-state index in [-0.39, 0.29) is 5.69 Å². The van der Waals surface area contributed by atoms with Crippen LogP contribution in [0.2, 0.25) is 0 Å². The van der Waals surface area contributed by atoms with Gasteiger partial charge in [0.05, 0.1) is 22.8 Å². The number of imidazole rings is 1. The third-order valence-electron chi connectivity index (χ3n) is 2.63. The van der Waals surface area contributed by atoms with Gasteiger partial charge in [0.2, 0.25) is 0 Å². The quantitative estimate of drug-likeness (QED) is 0.474. The molecule has 5 nitrogen and oxygen atoms in total. The number of nitrogens with zero attached hydrogens (tertiary/aromatic N) is 3. The maximum absolute atomic E-state index is 10.5. The molecule has 0 saturated carbocycles. The summed E-state index contributed by atoms with van der Waals surface area (Å²) in [6, 6.07) is 6.59. The second-order valence-electron chi connectivity index (χ2n) is 3.91. The molecule has 0 N–H and O–H groups in total. The number of non-ortho nitro benzene ring substituents is 1. The van der Waals surface area contributed by atoms with Crippen LogP contribution in [0.5, 0.6) is 0 Å². The highest BCUT2D eigenvalue weighted by Crippen LogP contribution is 2.12. The standard InChI is InChI=1S/C12H12ClN3O2/c13-7-11-8-15(9-14-11)6-5-10-1-3-12(4-2-10)16(17)18/h1-4,8-9H,5-7H2. The smallest absolute Gasteiger partial charge is 0.269 e. The number of halogens is 1. The first-order chi connectivity index (χ1) is 8.69. The lowest BCUT2D eigenvalue weighted by atomic mass is 10.1. The molecule has 18 heavy (non-hydrogen) atoms. The Morgan fingerprint density at radius 2 is 2.06 bits per heavy atom. The van der Waals surface area contributed by atoms with Crippen LogP contribution in [0.3, 0.4) is 0 Å². The number of aromatic nitrogens is 2. The van der Waals surface area contributed by atoms with Crippen molar-refractivity contribution in [2.45, 2.75) is 18.8 Å². The molecular formula is C12H12ClN3O2. The van der Waals surface area contributed by atoms with Crippen LogP contribution in [0.25, 0.3) is 0 Å². The van der Waals surface area contributed by atoms with E-state index in [1.54, 1.807) is 18.5 Å². The number of hydrogen-bond donors (Lipinski definition) is 0. The second-order valence-corrected chi connectivity index (χ2v) is 4.18. The van der Waals surface area contributed by atoms with Crippen molar-refractivity contribution in [1.29, 1.82) is 0 Å². The molecule has 0 amide bonds. The molecule has 2 rings (SSSR count). The van der Waals surface area contributed by atoms with E-state index in [1.807, 2.05) is 10.8 Å². The first kappa shape index (κ1) is 12.6. The Morgan fingerprint density at radius 1 is 1.33 bits per heavy atom. The van der Waals surface area contributed by atoms with Gasteiger partial charge in [0.1, 0.15) is 0 Å². The Labute approximate surface area is 109 Å². The molecule has 6 heteroatoms. The van der Waals surface area contributed by atoms with Crippen molar-refractivity contribution in [3.05, 3.63) is 58.2 Å². The highest BCUT2D eigenvalue weighted by Gasteiger charge is 2.04. The van der Waals surface area contributed by atoms with Crippen molar-refractivity contribution < 1.29 is 4.92 Å². The highest BCUT2D eigenvalue weighted by molar-refractivity contribution is 6.16. The first-order valence-corrected chi connectivity index (χ1v) is 6.02. The molecule has 94 valence electrons. The Balaban J connectivity index is 1.95. The summed E-state index contributed by atoms with van der Waals surface area (Å²) in [6.45, 7) is 0.779. The summed E-state index contributed by atoms with van der Waals surface area (Å²) in [5.74, 6) is 0.407. The van der Waals surface area contributed by atoms with Crippen molar-refractivity contribution in [3.8, 4) is 0 Å². The monoisotopic (exact) mass is 265 g/mol. The van der Waals surface area contributed by atoms with Crippen LogP contribution in [-0.4, -0.2) is 14.5 Å². The van der Waals surface area contributed by atoms with Gasteiger partial charge in [-0.2, -0.15) is 0 Å². The van der Waals surface area contributed by atoms with Crippen molar-refractivity contribution in [2.75, 3.05) is 0 Å². The summed E-state index contributed by atoms with van der Waals surface area (Å²) in [5, 5.41) is 10.5. The molecule has 0 atom stereocenters. The summed E-state index contributed by atoms with van der Waals surface area (Å²) in [7, 11) is 0. The molecule has 1 heterocycles. The average molecular weight is 266 g/mol. The molecule has 0 unspecified atom stereocenters. The van der Waals surface area contributed by atoms with Gasteiger partial charge in [-0.1, -0.05) is 12.1 Å². The Hall–Kier alpha value is -1.88. The van der Waals surface area contributed by atoms with E-state index < -0.39 is 4.92 Å². The summed E-state index contributed by atoms with van der Waals surface area (Å²) in [6.07, 6.45) is 4.44. The lowest BCUT2D eigenvalue weighted by molar-refractivity contribution is -0.384. The average Bonchev–Trinajstić information content (AvgIpc) is 2.85. The van der Waals surface area contributed by atoms with Gasteiger partial charge >= 0.3 is 0 Å². The molecule has 0 aliphatic carbocycles. The molecule has 0 aliphatic rings. The van der Waals surface area contributed by atoms with Gasteiger partial charge in [-0.15, -0.1) is 11.6 Å². The van der Waals surface area contributed by atoms with Gasteiger partial charge in [-0.3, -0.25) is 10.1 Å². The minimum Gasteiger partial charge on any atom is -0.337 e. The number of nitro benzene ring substituents is 1. The van der Waals surface area contributed by atoms with E-state index in [4.69, 9.17) is 11.6 Å². The minimum absolute atomic E-state index is 0.116. The summed E-state index contributed by atoms with van der Waals surface area (Å²) in [5.41, 5.74) is 2.02. The van der Waals surface area contributed by atoms with E-state index in [0.717, 1.165) is 24.2 Å². The predicted octanol–water partition coefficient (Wildman–Crippen LogP) is 2.77. The zero-order valence-corrected chi connectivity index (χ0v) is 10.4. The van der Waals surface area contributed by atoms with Crippen LogP contribution in [0.4, 0.5) is 5.69 Å². The fourth-order valence-electron chi connectivity index (χ4n) is 1.64. The molecule has 0 saturated heterocycles. The van der Waals surface area contributed by atoms with Crippen LogP contribution in [0.15, 0.2) is 36.8 Å². The number of alkyl halides is 1. The molecule has 0 fully saturated rings. The van der Waals surface area contributed by atoms with Crippen LogP contribution in [0, 0.1) is 10.1 Å². The lowest BCUT2D eigenvalue weighted by Gasteiger charge is -2.02. The Bertz CT molecular complexity index is 537. The third-order valence-corrected chi connectivity index (χ3v) is 2.90. The van der Waals surface area contributed by atoms with E-state index in [9.17, 15) is 10.1 Å². The van der Waals surface area contributed by atoms with Gasteiger partial charge in [0.25, 0.3) is 5.69 Å². The Kier molecular flexibility index (Phi) is 3.94. The molecule has 1 aromatic heterocycles. The number of benzene rings is 1. The van der Waals surface area contributed by atoms with Crippen LogP contribution in [-0.2, 0) is 18.8 Å². The van der Waals surface area contributed by atoms with E-state index >= 15 is 0 Å². The predicted molar refractivity (Wildman–Crippen MR) is 68.6 cm³/mol. The van der Waals surface area contributed by atoms with Crippen molar-refractivity contribution in [1.82, 2.24) is 9.55 Å². The molecule has 0 aliphatic heterocycles. The number of nitro groups is 1. The van der Waals surface area contributed by atoms with Crippen molar-refractivity contribution in [3.63, 3.8) is 0 Å². The zero-order chi connectivity index (χ0) is 13.0. The van der Waals surface area contributed by atoms with Gasteiger partial charge in [0.15, 0.2) is 0 Å². The zero-order valence-electron chi connectivity index (χ0n) is 9.62. The minimum atomic E-state index is -0.396. The second kappa shape index (κ2) is 5.64. The summed E-state index contributed by atoms with van der Waals surface area (Å²) >= 11 is 5.66. The van der Waals surface area contributed by atoms with Crippen molar-refractivity contribution in [2.24, 2.45) is 0 Å². The fourth-order valence-corrected chi connectivity index (χ4v) is 1.78. The molecule has 0 bridgehead atoms. The lowest BCUT2D eigenvalue weighted by Crippen LogP contribution is -1.98. The number of hydrogen-bond acceptors (Lipinski definition) is 3. The van der Waals surface area contributed by atoms with E-state index in [2.05, 4.69) is 4.98 Å². The molecule has 0 spiro atoms. The topological polar surface area (TPSA) is 61.0 Å². The van der Waals surface area contributed by atoms with Gasteiger partial charge in [-0.05, 0) is 12.0 Å². The maximum atomic E-state index is 10.5. The molecule has 1 aromatic carbocycles. The molecule has 0 radical (unpaired) electrons. The fraction of sp³-hybridized carbons (Fsp3) is 0.250. The summed E-state index contributed by atoms with van der Waals surface area (Å²) in [4.78, 5) is 14.2. The number of aryl methyl sites for hydroxylation is 2. The van der Waals surface area contributed by atoms with Crippen LogP contribution < -0.4 is 0 Å². The summed E-state index contributed by atoms with van der Waals surface area (Å²) < 4.78 is 1.96. The van der Waals surface area contributed by atoms with Gasteiger partial charge in [0, 0.05) is 24.9 Å². The van der Waals surface area contributed by atoms with Gasteiger partial charge in [-0.25, -0.2) is 4.98 Å². The molecular weight excluding hydrogens is 254 g/mol. The third kappa shape index (κ3) is 3.07.